The van der Waals surface area contributed by atoms with E-state index >= 15 is 0 Å². The van der Waals surface area contributed by atoms with Crippen molar-refractivity contribution in [3.05, 3.63) is 42.4 Å². The van der Waals surface area contributed by atoms with Crippen LogP contribution in [0.25, 0.3) is 11.2 Å². The molecule has 4 heterocycles. The van der Waals surface area contributed by atoms with Gasteiger partial charge in [0.15, 0.2) is 5.65 Å². The van der Waals surface area contributed by atoms with Crippen LogP contribution in [-0.2, 0) is 13.1 Å². The maximum absolute atomic E-state index is 12.9. The standard InChI is InChI=1S/C18H20N6O/c25-18(22-5-6-23-11-19-9-15(23)10-22)13-7-16-17(20-8-13)24(12-21-16)14-3-1-2-4-14/h7-9,11-12,14H,1-6,10H2. The van der Waals surface area contributed by atoms with Crippen molar-refractivity contribution in [3.8, 4) is 0 Å². The molecule has 0 radical (unpaired) electrons. The van der Waals surface area contributed by atoms with Crippen LogP contribution in [0.1, 0.15) is 47.8 Å². The summed E-state index contributed by atoms with van der Waals surface area (Å²) in [4.78, 5) is 27.9. The summed E-state index contributed by atoms with van der Waals surface area (Å²) >= 11 is 0. The van der Waals surface area contributed by atoms with Crippen molar-refractivity contribution in [3.63, 3.8) is 0 Å². The van der Waals surface area contributed by atoms with E-state index in [2.05, 4.69) is 24.1 Å². The van der Waals surface area contributed by atoms with Crippen LogP contribution in [0.3, 0.4) is 0 Å². The Morgan fingerprint density at radius 2 is 1.96 bits per heavy atom. The van der Waals surface area contributed by atoms with Gasteiger partial charge in [-0.2, -0.15) is 0 Å². The van der Waals surface area contributed by atoms with Crippen LogP contribution < -0.4 is 0 Å². The molecule has 7 heteroatoms. The number of amides is 1. The summed E-state index contributed by atoms with van der Waals surface area (Å²) in [5.74, 6) is 0.0114. The number of hydrogen-bond acceptors (Lipinski definition) is 4. The Hall–Kier alpha value is -2.70. The van der Waals surface area contributed by atoms with E-state index in [-0.39, 0.29) is 5.91 Å². The average Bonchev–Trinajstić information content (AvgIpc) is 3.38. The Morgan fingerprint density at radius 3 is 2.84 bits per heavy atom. The lowest BCUT2D eigenvalue weighted by atomic mass is 10.2. The molecule has 3 aromatic heterocycles. The molecule has 25 heavy (non-hydrogen) atoms. The van der Waals surface area contributed by atoms with Gasteiger partial charge in [-0.3, -0.25) is 4.79 Å². The van der Waals surface area contributed by atoms with Crippen LogP contribution >= 0.6 is 0 Å². The first-order valence-electron chi connectivity index (χ1n) is 8.90. The van der Waals surface area contributed by atoms with Crippen LogP contribution in [0.2, 0.25) is 0 Å². The summed E-state index contributed by atoms with van der Waals surface area (Å²) < 4.78 is 4.27. The molecule has 0 spiro atoms. The van der Waals surface area contributed by atoms with E-state index in [1.807, 2.05) is 29.8 Å². The maximum Gasteiger partial charge on any atom is 0.255 e. The lowest BCUT2D eigenvalue weighted by Gasteiger charge is -2.28. The Bertz CT molecular complexity index is 936. The smallest absolute Gasteiger partial charge is 0.255 e. The van der Waals surface area contributed by atoms with E-state index in [1.165, 1.54) is 25.7 Å². The molecule has 1 aliphatic heterocycles. The van der Waals surface area contributed by atoms with E-state index in [0.29, 0.717) is 24.7 Å². The summed E-state index contributed by atoms with van der Waals surface area (Å²) in [6.07, 6.45) is 12.1. The average molecular weight is 336 g/mol. The molecular weight excluding hydrogens is 316 g/mol. The molecule has 0 N–H and O–H groups in total. The van der Waals surface area contributed by atoms with Gasteiger partial charge in [0.1, 0.15) is 5.52 Å². The van der Waals surface area contributed by atoms with Crippen LogP contribution in [0.15, 0.2) is 31.1 Å². The number of imidazole rings is 2. The molecule has 3 aromatic rings. The van der Waals surface area contributed by atoms with Gasteiger partial charge in [-0.1, -0.05) is 12.8 Å². The second-order valence-corrected chi connectivity index (χ2v) is 6.96. The van der Waals surface area contributed by atoms with Crippen molar-refractivity contribution in [1.82, 2.24) is 29.0 Å². The molecule has 0 aromatic carbocycles. The highest BCUT2D eigenvalue weighted by atomic mass is 16.2. The minimum atomic E-state index is 0.0114. The minimum absolute atomic E-state index is 0.0114. The van der Waals surface area contributed by atoms with Gasteiger partial charge in [-0.05, 0) is 18.9 Å². The summed E-state index contributed by atoms with van der Waals surface area (Å²) in [6.45, 7) is 2.07. The first-order chi connectivity index (χ1) is 12.3. The number of carbonyl (C=O) groups excluding carboxylic acids is 1. The van der Waals surface area contributed by atoms with Gasteiger partial charge in [0, 0.05) is 31.5 Å². The zero-order valence-corrected chi connectivity index (χ0v) is 14.0. The van der Waals surface area contributed by atoms with Gasteiger partial charge < -0.3 is 14.0 Å². The normalized spacial score (nSPS) is 18.0. The fraction of sp³-hybridized carbons (Fsp3) is 0.444. The third kappa shape index (κ3) is 2.42. The van der Waals surface area contributed by atoms with Gasteiger partial charge in [0.05, 0.1) is 30.5 Å². The molecule has 1 saturated carbocycles. The molecule has 1 amide bonds. The van der Waals surface area contributed by atoms with Crippen molar-refractivity contribution < 1.29 is 4.79 Å². The topological polar surface area (TPSA) is 68.8 Å². The highest BCUT2D eigenvalue weighted by Gasteiger charge is 2.24. The first-order valence-corrected chi connectivity index (χ1v) is 8.90. The molecular formula is C18H20N6O. The Balaban J connectivity index is 1.42. The SMILES string of the molecule is O=C(c1cnc2c(c1)ncn2C1CCCC1)N1CCn2cncc2C1. The molecule has 1 aliphatic carbocycles. The molecule has 0 unspecified atom stereocenters. The molecule has 0 atom stereocenters. The molecule has 1 fully saturated rings. The Labute approximate surface area is 145 Å². The first kappa shape index (κ1) is 14.6. The second-order valence-electron chi connectivity index (χ2n) is 6.96. The summed E-state index contributed by atoms with van der Waals surface area (Å²) in [5.41, 5.74) is 3.37. The largest absolute Gasteiger partial charge is 0.331 e. The van der Waals surface area contributed by atoms with Gasteiger partial charge in [0.2, 0.25) is 0 Å². The highest BCUT2D eigenvalue weighted by Crippen LogP contribution is 2.31. The molecule has 0 bridgehead atoms. The van der Waals surface area contributed by atoms with Gasteiger partial charge in [-0.15, -0.1) is 0 Å². The monoisotopic (exact) mass is 336 g/mol. The fourth-order valence-electron chi connectivity index (χ4n) is 4.03. The lowest BCUT2D eigenvalue weighted by molar-refractivity contribution is 0.0711. The predicted octanol–water partition coefficient (Wildman–Crippen LogP) is 2.40. The van der Waals surface area contributed by atoms with Crippen LogP contribution in [0.5, 0.6) is 0 Å². The van der Waals surface area contributed by atoms with Crippen molar-refractivity contribution in [1.29, 1.82) is 0 Å². The number of nitrogens with zero attached hydrogens (tertiary/aromatic N) is 6. The van der Waals surface area contributed by atoms with Crippen molar-refractivity contribution >= 4 is 17.1 Å². The number of aromatic nitrogens is 5. The molecule has 2 aliphatic rings. The highest BCUT2D eigenvalue weighted by molar-refractivity contribution is 5.96. The molecule has 7 nitrogen and oxygen atoms in total. The zero-order chi connectivity index (χ0) is 16.8. The number of pyridine rings is 1. The van der Waals surface area contributed by atoms with E-state index < -0.39 is 0 Å². The van der Waals surface area contributed by atoms with E-state index in [0.717, 1.165) is 23.4 Å². The molecule has 128 valence electrons. The van der Waals surface area contributed by atoms with E-state index in [4.69, 9.17) is 0 Å². The summed E-state index contributed by atoms with van der Waals surface area (Å²) in [7, 11) is 0. The number of hydrogen-bond donors (Lipinski definition) is 0. The van der Waals surface area contributed by atoms with Gasteiger partial charge in [-0.25, -0.2) is 15.0 Å². The summed E-state index contributed by atoms with van der Waals surface area (Å²) in [6, 6.07) is 2.38. The minimum Gasteiger partial charge on any atom is -0.331 e. The summed E-state index contributed by atoms with van der Waals surface area (Å²) in [5, 5.41) is 0. The Morgan fingerprint density at radius 1 is 1.08 bits per heavy atom. The van der Waals surface area contributed by atoms with Crippen LogP contribution in [0.4, 0.5) is 0 Å². The third-order valence-corrected chi connectivity index (χ3v) is 5.43. The van der Waals surface area contributed by atoms with Crippen molar-refractivity contribution in [2.75, 3.05) is 6.54 Å². The van der Waals surface area contributed by atoms with Gasteiger partial charge in [0.25, 0.3) is 5.91 Å². The van der Waals surface area contributed by atoms with E-state index in [1.54, 1.807) is 6.20 Å². The van der Waals surface area contributed by atoms with Gasteiger partial charge >= 0.3 is 0 Å². The second kappa shape index (κ2) is 5.68. The lowest BCUT2D eigenvalue weighted by Crippen LogP contribution is -2.37. The van der Waals surface area contributed by atoms with Crippen molar-refractivity contribution in [2.24, 2.45) is 0 Å². The van der Waals surface area contributed by atoms with E-state index in [9.17, 15) is 4.79 Å². The third-order valence-electron chi connectivity index (χ3n) is 5.43. The number of fused-ring (bicyclic) bond motifs is 2. The van der Waals surface area contributed by atoms with Crippen LogP contribution in [-0.4, -0.2) is 41.4 Å². The van der Waals surface area contributed by atoms with Crippen molar-refractivity contribution in [2.45, 2.75) is 44.8 Å². The number of rotatable bonds is 2. The zero-order valence-electron chi connectivity index (χ0n) is 14.0. The molecule has 5 rings (SSSR count). The quantitative estimate of drug-likeness (QED) is 0.720. The maximum atomic E-state index is 12.9. The van der Waals surface area contributed by atoms with Crippen LogP contribution in [0, 0.1) is 0 Å². The molecule has 0 saturated heterocycles. The Kier molecular flexibility index (Phi) is 3.33. The fourth-order valence-corrected chi connectivity index (χ4v) is 4.03. The number of carbonyl (C=O) groups is 1. The predicted molar refractivity (Wildman–Crippen MR) is 92.0 cm³/mol.